The molecule has 86 valence electrons. The van der Waals surface area contributed by atoms with E-state index < -0.39 is 0 Å². The van der Waals surface area contributed by atoms with E-state index in [9.17, 15) is 0 Å². The molecule has 0 aromatic rings. The van der Waals surface area contributed by atoms with E-state index in [1.54, 1.807) is 0 Å². The molecule has 4 heteroatoms. The second kappa shape index (κ2) is 18.4. The van der Waals surface area contributed by atoms with Crippen LogP contribution in [0.3, 0.4) is 0 Å². The van der Waals surface area contributed by atoms with Crippen LogP contribution in [0.1, 0.15) is 19.8 Å². The normalized spacial score (nSPS) is 8.77. The van der Waals surface area contributed by atoms with Crippen molar-refractivity contribution in [2.75, 3.05) is 40.8 Å². The van der Waals surface area contributed by atoms with Crippen LogP contribution in [0.25, 0.3) is 5.32 Å². The summed E-state index contributed by atoms with van der Waals surface area (Å²) < 4.78 is 0. The second-order valence-electron chi connectivity index (χ2n) is 2.70. The molecule has 13 heavy (non-hydrogen) atoms. The topological polar surface area (TPSA) is 43.4 Å². The molecular weight excluding hydrogens is 257 g/mol. The Morgan fingerprint density at radius 1 is 1.23 bits per heavy atom. The Labute approximate surface area is 97.1 Å². The first kappa shape index (κ1) is 19.2. The van der Waals surface area contributed by atoms with E-state index in [0.717, 1.165) is 6.54 Å². The zero-order valence-corrected chi connectivity index (χ0v) is 10.9. The fraction of sp³-hybridized carbons (Fsp3) is 1.00. The van der Waals surface area contributed by atoms with Crippen LogP contribution in [0.15, 0.2) is 0 Å². The van der Waals surface area contributed by atoms with Crippen LogP contribution in [0.4, 0.5) is 0 Å². The molecule has 0 aromatic heterocycles. The van der Waals surface area contributed by atoms with Crippen LogP contribution in [0.2, 0.25) is 0 Å². The Morgan fingerprint density at radius 2 is 1.77 bits per heavy atom. The van der Waals surface area contributed by atoms with Gasteiger partial charge in [0.2, 0.25) is 0 Å². The number of hydrogen-bond acceptors (Lipinski definition) is 2. The monoisotopic (exact) mass is 280 g/mol. The Kier molecular flexibility index (Phi) is 27.1. The summed E-state index contributed by atoms with van der Waals surface area (Å²) in [4.78, 5) is 2.35. The first-order chi connectivity index (χ1) is 5.81. The third kappa shape index (κ3) is 19.1. The van der Waals surface area contributed by atoms with Gasteiger partial charge in [-0.25, -0.2) is 0 Å². The van der Waals surface area contributed by atoms with E-state index >= 15 is 0 Å². The standard InChI is InChI=1S/C8H19N2.CH5N.Pd/c1-4-7-10(3)8-5-6-9-2;1-2;/h4-8H2,1-3H3;2H2,1H3;/q-1;;. The van der Waals surface area contributed by atoms with Crippen molar-refractivity contribution in [1.29, 1.82) is 0 Å². The molecule has 3 nitrogen and oxygen atoms in total. The van der Waals surface area contributed by atoms with Gasteiger partial charge in [0, 0.05) is 20.4 Å². The molecule has 0 bridgehead atoms. The van der Waals surface area contributed by atoms with Gasteiger partial charge in [0.25, 0.3) is 0 Å². The van der Waals surface area contributed by atoms with E-state index in [2.05, 4.69) is 29.9 Å². The quantitative estimate of drug-likeness (QED) is 0.589. The summed E-state index contributed by atoms with van der Waals surface area (Å²) in [5.41, 5.74) is 4.50. The Hall–Kier alpha value is 0.542. The molecule has 0 aromatic carbocycles. The van der Waals surface area contributed by atoms with E-state index in [0.29, 0.717) is 0 Å². The summed E-state index contributed by atoms with van der Waals surface area (Å²) in [6, 6.07) is 0. The summed E-state index contributed by atoms with van der Waals surface area (Å²) in [6.07, 6.45) is 2.45. The molecule has 0 unspecified atom stereocenters. The molecule has 0 rings (SSSR count). The Morgan fingerprint density at radius 3 is 2.15 bits per heavy atom. The number of nitrogens with two attached hydrogens (primary N) is 1. The molecule has 0 atom stereocenters. The van der Waals surface area contributed by atoms with Crippen molar-refractivity contribution in [3.05, 3.63) is 5.32 Å². The van der Waals surface area contributed by atoms with Gasteiger partial charge in [-0.15, -0.1) is 6.54 Å². The van der Waals surface area contributed by atoms with E-state index in [1.165, 1.54) is 33.0 Å². The first-order valence-corrected chi connectivity index (χ1v) is 4.63. The van der Waals surface area contributed by atoms with E-state index in [1.807, 2.05) is 7.05 Å². The Balaban J connectivity index is -0.000000309. The van der Waals surface area contributed by atoms with Crippen molar-refractivity contribution in [1.82, 2.24) is 4.90 Å². The molecule has 0 amide bonds. The minimum atomic E-state index is 0. The predicted octanol–water partition coefficient (Wildman–Crippen LogP) is 1.29. The largest absolute Gasteiger partial charge is 0.665 e. The van der Waals surface area contributed by atoms with Gasteiger partial charge >= 0.3 is 0 Å². The number of nitrogens with zero attached hydrogens (tertiary/aromatic N) is 2. The molecule has 0 aliphatic rings. The Bertz CT molecular complexity index is 71.9. The van der Waals surface area contributed by atoms with Crippen LogP contribution >= 0.6 is 0 Å². The molecule has 0 fully saturated rings. The summed E-state index contributed by atoms with van der Waals surface area (Å²) in [5.74, 6) is 0. The van der Waals surface area contributed by atoms with Crippen LogP contribution in [-0.2, 0) is 20.4 Å². The number of hydrogen-bond donors (Lipinski definition) is 1. The SMILES string of the molecule is CCCN(C)CCC[N-]C.CN.[Pd]. The fourth-order valence-corrected chi connectivity index (χ4v) is 0.992. The maximum Gasteiger partial charge on any atom is 0 e. The minimum absolute atomic E-state index is 0. The van der Waals surface area contributed by atoms with Gasteiger partial charge in [-0.1, -0.05) is 13.3 Å². The molecule has 0 aliphatic carbocycles. The van der Waals surface area contributed by atoms with Gasteiger partial charge in [-0.3, -0.25) is 0 Å². The molecule has 0 heterocycles. The average Bonchev–Trinajstić information content (AvgIpc) is 2.09. The molecule has 0 radical (unpaired) electrons. The van der Waals surface area contributed by atoms with Crippen LogP contribution in [0, 0.1) is 0 Å². The third-order valence-electron chi connectivity index (χ3n) is 1.53. The molecule has 2 N–H and O–H groups in total. The molecule has 0 saturated heterocycles. The molecular formula is C9H24N3Pd-. The predicted molar refractivity (Wildman–Crippen MR) is 56.7 cm³/mol. The zero-order chi connectivity index (χ0) is 9.82. The van der Waals surface area contributed by atoms with Gasteiger partial charge < -0.3 is 16.0 Å². The van der Waals surface area contributed by atoms with Crippen LogP contribution in [0.5, 0.6) is 0 Å². The minimum Gasteiger partial charge on any atom is -0.665 e. The maximum atomic E-state index is 4.50. The van der Waals surface area contributed by atoms with Crippen LogP contribution in [-0.4, -0.2) is 45.7 Å². The van der Waals surface area contributed by atoms with Crippen molar-refractivity contribution in [3.8, 4) is 0 Å². The maximum absolute atomic E-state index is 4.50. The van der Waals surface area contributed by atoms with Gasteiger partial charge in [-0.05, 0) is 33.6 Å². The molecule has 0 spiro atoms. The van der Waals surface area contributed by atoms with Crippen molar-refractivity contribution < 1.29 is 20.4 Å². The van der Waals surface area contributed by atoms with Crippen molar-refractivity contribution in [2.45, 2.75) is 19.8 Å². The first-order valence-electron chi connectivity index (χ1n) is 4.63. The number of rotatable bonds is 6. The average molecular weight is 281 g/mol. The van der Waals surface area contributed by atoms with Gasteiger partial charge in [0.1, 0.15) is 0 Å². The van der Waals surface area contributed by atoms with Crippen molar-refractivity contribution in [3.63, 3.8) is 0 Å². The zero-order valence-electron chi connectivity index (χ0n) is 9.32. The summed E-state index contributed by atoms with van der Waals surface area (Å²) in [5, 5.41) is 4.04. The van der Waals surface area contributed by atoms with Crippen LogP contribution < -0.4 is 5.73 Å². The van der Waals surface area contributed by atoms with Crippen molar-refractivity contribution in [2.24, 2.45) is 5.73 Å². The van der Waals surface area contributed by atoms with Crippen molar-refractivity contribution >= 4 is 0 Å². The third-order valence-corrected chi connectivity index (χ3v) is 1.53. The summed E-state index contributed by atoms with van der Waals surface area (Å²) >= 11 is 0. The fourth-order valence-electron chi connectivity index (χ4n) is 0.992. The van der Waals surface area contributed by atoms with E-state index in [4.69, 9.17) is 0 Å². The van der Waals surface area contributed by atoms with E-state index in [-0.39, 0.29) is 20.4 Å². The second-order valence-corrected chi connectivity index (χ2v) is 2.70. The smallest absolute Gasteiger partial charge is 0 e. The molecule has 0 aliphatic heterocycles. The molecule has 0 saturated carbocycles. The van der Waals surface area contributed by atoms with Gasteiger partial charge in [0.05, 0.1) is 0 Å². The van der Waals surface area contributed by atoms with Gasteiger partial charge in [0.15, 0.2) is 0 Å². The summed E-state index contributed by atoms with van der Waals surface area (Å²) in [6.45, 7) is 5.61. The van der Waals surface area contributed by atoms with Gasteiger partial charge in [-0.2, -0.15) is 7.05 Å². The summed E-state index contributed by atoms with van der Waals surface area (Å²) in [7, 11) is 5.54.